The van der Waals surface area contributed by atoms with Crippen molar-refractivity contribution in [3.63, 3.8) is 0 Å². The van der Waals surface area contributed by atoms with E-state index in [4.69, 9.17) is 0 Å². The Morgan fingerprint density at radius 1 is 1.22 bits per heavy atom. The van der Waals surface area contributed by atoms with E-state index < -0.39 is 0 Å². The predicted molar refractivity (Wildman–Crippen MR) is 39.3 cm³/mol. The summed E-state index contributed by atoms with van der Waals surface area (Å²) in [6.45, 7) is 5.98. The molecule has 1 aromatic rings. The van der Waals surface area contributed by atoms with Gasteiger partial charge in [0.05, 0.1) is 0 Å². The Hall–Kier alpha value is -1.04. The predicted octanol–water partition coefficient (Wildman–Crippen LogP) is 2.37. The molecule has 0 radical (unpaired) electrons. The molecule has 1 aliphatic rings. The highest BCUT2D eigenvalue weighted by molar-refractivity contribution is 5.98. The first-order valence-electron chi connectivity index (χ1n) is 3.09. The molecule has 0 heterocycles. The minimum Gasteiger partial charge on any atom is -0.0905 e. The fraction of sp³-hybridized carbons (Fsp3) is 0.111. The van der Waals surface area contributed by atoms with Gasteiger partial charge in [0.1, 0.15) is 0 Å². The molecule has 0 saturated heterocycles. The number of aryl methyl sites for hydroxylation is 1. The zero-order valence-corrected chi connectivity index (χ0v) is 5.44. The summed E-state index contributed by atoms with van der Waals surface area (Å²) in [6, 6.07) is 6.43. The van der Waals surface area contributed by atoms with Crippen molar-refractivity contribution in [1.29, 1.82) is 0 Å². The summed E-state index contributed by atoms with van der Waals surface area (Å²) in [5.74, 6) is 0. The van der Waals surface area contributed by atoms with Crippen LogP contribution >= 0.6 is 0 Å². The van der Waals surface area contributed by atoms with Crippen molar-refractivity contribution in [2.24, 2.45) is 0 Å². The highest BCUT2D eigenvalue weighted by Crippen LogP contribution is 2.40. The fourth-order valence-electron chi connectivity index (χ4n) is 1.11. The van der Waals surface area contributed by atoms with Gasteiger partial charge in [0.25, 0.3) is 0 Å². The smallest absolute Gasteiger partial charge is 0.0102 e. The van der Waals surface area contributed by atoms with Gasteiger partial charge in [-0.05, 0) is 23.6 Å². The molecular formula is C9H8. The summed E-state index contributed by atoms with van der Waals surface area (Å²) in [5, 5.41) is 0. The van der Waals surface area contributed by atoms with Gasteiger partial charge in [-0.2, -0.15) is 0 Å². The second-order valence-corrected chi connectivity index (χ2v) is 2.53. The highest BCUT2D eigenvalue weighted by atomic mass is 14.2. The second kappa shape index (κ2) is 1.27. The molecule has 1 aliphatic carbocycles. The molecule has 0 bridgehead atoms. The summed E-state index contributed by atoms with van der Waals surface area (Å²) < 4.78 is 0. The van der Waals surface area contributed by atoms with E-state index in [2.05, 4.69) is 31.7 Å². The lowest BCUT2D eigenvalue weighted by Gasteiger charge is -1.81. The van der Waals surface area contributed by atoms with E-state index >= 15 is 0 Å². The normalized spacial score (nSPS) is 13.2. The molecule has 0 aromatic heterocycles. The lowest BCUT2D eigenvalue weighted by molar-refractivity contribution is 1.49. The summed E-state index contributed by atoms with van der Waals surface area (Å²) in [4.78, 5) is 0. The molecule has 2 rings (SSSR count). The van der Waals surface area contributed by atoms with E-state index in [1.165, 1.54) is 22.3 Å². The van der Waals surface area contributed by atoms with Gasteiger partial charge in [-0.1, -0.05) is 30.3 Å². The van der Waals surface area contributed by atoms with Gasteiger partial charge in [-0.25, -0.2) is 0 Å². The summed E-state index contributed by atoms with van der Waals surface area (Å²) in [6.07, 6.45) is 0. The SMILES string of the molecule is C=C1c2ccc(C)cc21. The van der Waals surface area contributed by atoms with Crippen LogP contribution in [0.2, 0.25) is 0 Å². The van der Waals surface area contributed by atoms with Crippen LogP contribution in [-0.2, 0) is 0 Å². The van der Waals surface area contributed by atoms with Crippen molar-refractivity contribution in [3.8, 4) is 0 Å². The maximum Gasteiger partial charge on any atom is -0.0102 e. The quantitative estimate of drug-likeness (QED) is 0.495. The number of hydrogen-bond donors (Lipinski definition) is 0. The van der Waals surface area contributed by atoms with Crippen LogP contribution in [0.5, 0.6) is 0 Å². The van der Waals surface area contributed by atoms with E-state index in [0.29, 0.717) is 0 Å². The third-order valence-corrected chi connectivity index (χ3v) is 1.76. The average Bonchev–Trinajstić information content (AvgIpc) is 2.43. The number of fused-ring (bicyclic) bond motifs is 1. The number of rotatable bonds is 0. The van der Waals surface area contributed by atoms with Gasteiger partial charge in [-0.15, -0.1) is 0 Å². The molecule has 0 heteroatoms. The lowest BCUT2D eigenvalue weighted by Crippen LogP contribution is -1.63. The molecule has 1 aromatic carbocycles. The summed E-state index contributed by atoms with van der Waals surface area (Å²) in [5.41, 5.74) is 5.26. The molecule has 44 valence electrons. The molecule has 0 N–H and O–H groups in total. The summed E-state index contributed by atoms with van der Waals surface area (Å²) >= 11 is 0. The van der Waals surface area contributed by atoms with Crippen LogP contribution in [-0.4, -0.2) is 0 Å². The topological polar surface area (TPSA) is 0 Å². The Morgan fingerprint density at radius 2 is 2.00 bits per heavy atom. The van der Waals surface area contributed by atoms with Crippen molar-refractivity contribution in [2.75, 3.05) is 0 Å². The van der Waals surface area contributed by atoms with Gasteiger partial charge >= 0.3 is 0 Å². The van der Waals surface area contributed by atoms with Crippen LogP contribution in [0.4, 0.5) is 0 Å². The first kappa shape index (κ1) is 4.80. The van der Waals surface area contributed by atoms with Crippen LogP contribution in [0.15, 0.2) is 24.8 Å². The monoisotopic (exact) mass is 116 g/mol. The average molecular weight is 116 g/mol. The van der Waals surface area contributed by atoms with Gasteiger partial charge in [0.2, 0.25) is 0 Å². The maximum absolute atomic E-state index is 3.88. The van der Waals surface area contributed by atoms with Gasteiger partial charge in [0.15, 0.2) is 0 Å². The van der Waals surface area contributed by atoms with Gasteiger partial charge in [0, 0.05) is 0 Å². The molecular weight excluding hydrogens is 108 g/mol. The Bertz CT molecular complexity index is 282. The Labute approximate surface area is 54.8 Å². The van der Waals surface area contributed by atoms with Crippen molar-refractivity contribution >= 4 is 5.57 Å². The van der Waals surface area contributed by atoms with Crippen molar-refractivity contribution < 1.29 is 0 Å². The lowest BCUT2D eigenvalue weighted by atomic mass is 10.2. The Balaban J connectivity index is 2.66. The number of benzene rings is 1. The van der Waals surface area contributed by atoms with Crippen LogP contribution in [0.1, 0.15) is 16.7 Å². The van der Waals surface area contributed by atoms with E-state index in [1.807, 2.05) is 0 Å². The minimum atomic E-state index is 1.23. The molecule has 0 spiro atoms. The first-order chi connectivity index (χ1) is 4.29. The highest BCUT2D eigenvalue weighted by Gasteiger charge is 2.20. The van der Waals surface area contributed by atoms with Crippen molar-refractivity contribution in [1.82, 2.24) is 0 Å². The Morgan fingerprint density at radius 3 is 2.56 bits per heavy atom. The van der Waals surface area contributed by atoms with Crippen LogP contribution in [0.25, 0.3) is 5.57 Å². The standard InChI is InChI=1S/C9H8/c1-6-3-4-8-7(2)9(8)5-6/h3-5H,2H2,1H3. The zero-order valence-electron chi connectivity index (χ0n) is 5.44. The molecule has 0 amide bonds. The van der Waals surface area contributed by atoms with E-state index in [0.717, 1.165) is 0 Å². The molecule has 9 heavy (non-hydrogen) atoms. The fourth-order valence-corrected chi connectivity index (χ4v) is 1.11. The molecule has 0 atom stereocenters. The van der Waals surface area contributed by atoms with Crippen molar-refractivity contribution in [3.05, 3.63) is 41.5 Å². The molecule has 0 fully saturated rings. The zero-order chi connectivity index (χ0) is 6.43. The van der Waals surface area contributed by atoms with Gasteiger partial charge in [-0.3, -0.25) is 0 Å². The second-order valence-electron chi connectivity index (χ2n) is 2.53. The number of hydrogen-bond acceptors (Lipinski definition) is 0. The molecule has 0 unspecified atom stereocenters. The summed E-state index contributed by atoms with van der Waals surface area (Å²) in [7, 11) is 0. The molecule has 0 aliphatic heterocycles. The largest absolute Gasteiger partial charge is 0.0905 e. The first-order valence-corrected chi connectivity index (χ1v) is 3.09. The van der Waals surface area contributed by atoms with E-state index in [9.17, 15) is 0 Å². The maximum atomic E-state index is 3.88. The van der Waals surface area contributed by atoms with Crippen molar-refractivity contribution in [2.45, 2.75) is 6.92 Å². The minimum absolute atomic E-state index is 1.23. The van der Waals surface area contributed by atoms with Crippen LogP contribution in [0.3, 0.4) is 0 Å². The Kier molecular flexibility index (Phi) is 0.677. The van der Waals surface area contributed by atoms with E-state index in [1.54, 1.807) is 0 Å². The van der Waals surface area contributed by atoms with Crippen LogP contribution in [0, 0.1) is 6.92 Å². The molecule has 0 nitrogen and oxygen atoms in total. The molecule has 0 saturated carbocycles. The van der Waals surface area contributed by atoms with Crippen LogP contribution < -0.4 is 0 Å². The van der Waals surface area contributed by atoms with E-state index in [-0.39, 0.29) is 0 Å². The third-order valence-electron chi connectivity index (χ3n) is 1.76. The van der Waals surface area contributed by atoms with Gasteiger partial charge < -0.3 is 0 Å². The third kappa shape index (κ3) is 0.531.